The Labute approximate surface area is 194 Å². The number of hydrogen-bond donors (Lipinski definition) is 3. The molecule has 1 saturated heterocycles. The van der Waals surface area contributed by atoms with Gasteiger partial charge in [-0.25, -0.2) is 9.78 Å². The highest BCUT2D eigenvalue weighted by atomic mass is 32.1. The van der Waals surface area contributed by atoms with Crippen molar-refractivity contribution in [3.8, 4) is 0 Å². The molecule has 1 aromatic carbocycles. The minimum atomic E-state index is -0.523. The number of likely N-dealkylation sites (tertiary alicyclic amines) is 1. The minimum absolute atomic E-state index is 0.167. The van der Waals surface area contributed by atoms with Crippen LogP contribution >= 0.6 is 11.3 Å². The van der Waals surface area contributed by atoms with E-state index in [0.717, 1.165) is 23.4 Å². The lowest BCUT2D eigenvalue weighted by Gasteiger charge is -2.32. The summed E-state index contributed by atoms with van der Waals surface area (Å²) in [6.07, 6.45) is 1.19. The van der Waals surface area contributed by atoms with Gasteiger partial charge in [0.2, 0.25) is 0 Å². The Kier molecular flexibility index (Phi) is 6.32. The van der Waals surface area contributed by atoms with E-state index in [-0.39, 0.29) is 23.4 Å². The number of benzene rings is 1. The Bertz CT molecular complexity index is 1170. The number of para-hydroxylation sites is 1. The first-order valence-electron chi connectivity index (χ1n) is 10.7. The van der Waals surface area contributed by atoms with Crippen LogP contribution in [0, 0.1) is 0 Å². The summed E-state index contributed by atoms with van der Waals surface area (Å²) in [5.74, 6) is -0.858. The van der Waals surface area contributed by atoms with Crippen LogP contribution in [0.5, 0.6) is 0 Å². The molecule has 10 nitrogen and oxygen atoms in total. The third-order valence-electron chi connectivity index (χ3n) is 5.23. The van der Waals surface area contributed by atoms with E-state index in [1.165, 1.54) is 11.3 Å². The van der Waals surface area contributed by atoms with E-state index in [1.807, 2.05) is 39.0 Å². The van der Waals surface area contributed by atoms with Gasteiger partial charge < -0.3 is 9.64 Å². The molecule has 3 N–H and O–H groups in total. The van der Waals surface area contributed by atoms with E-state index in [1.54, 1.807) is 16.3 Å². The number of H-pyrrole nitrogens is 1. The molecule has 0 aliphatic carbocycles. The van der Waals surface area contributed by atoms with Gasteiger partial charge in [-0.05, 0) is 39.7 Å². The first-order chi connectivity index (χ1) is 15.7. The Morgan fingerprint density at radius 1 is 1.12 bits per heavy atom. The maximum absolute atomic E-state index is 12.5. The summed E-state index contributed by atoms with van der Waals surface area (Å²) in [7, 11) is 0. The van der Waals surface area contributed by atoms with Crippen LogP contribution in [0.15, 0.2) is 29.6 Å². The second-order valence-electron chi connectivity index (χ2n) is 8.84. The molecule has 3 amide bonds. The number of hydrazine groups is 1. The number of rotatable bonds is 3. The van der Waals surface area contributed by atoms with Gasteiger partial charge in [0.25, 0.3) is 11.8 Å². The number of fused-ring (bicyclic) bond motifs is 1. The van der Waals surface area contributed by atoms with Crippen LogP contribution in [0.1, 0.15) is 65.5 Å². The highest BCUT2D eigenvalue weighted by Crippen LogP contribution is 2.31. The van der Waals surface area contributed by atoms with Crippen LogP contribution in [-0.2, 0) is 4.74 Å². The van der Waals surface area contributed by atoms with E-state index in [9.17, 15) is 14.4 Å². The summed E-state index contributed by atoms with van der Waals surface area (Å²) in [4.78, 5) is 43.3. The number of aromatic nitrogens is 3. The molecule has 1 aliphatic heterocycles. The number of ether oxygens (including phenoxy) is 1. The first kappa shape index (κ1) is 22.7. The number of aromatic amines is 1. The van der Waals surface area contributed by atoms with E-state index in [2.05, 4.69) is 26.0 Å². The zero-order chi connectivity index (χ0) is 23.6. The number of amides is 3. The summed E-state index contributed by atoms with van der Waals surface area (Å²) in [6.45, 7) is 6.69. The van der Waals surface area contributed by atoms with E-state index >= 15 is 0 Å². The number of thiazole rings is 1. The van der Waals surface area contributed by atoms with Gasteiger partial charge in [0.1, 0.15) is 11.3 Å². The summed E-state index contributed by atoms with van der Waals surface area (Å²) >= 11 is 1.40. The van der Waals surface area contributed by atoms with Gasteiger partial charge in [-0.3, -0.25) is 25.5 Å². The molecule has 4 rings (SSSR count). The molecule has 33 heavy (non-hydrogen) atoms. The van der Waals surface area contributed by atoms with Crippen LogP contribution in [0.3, 0.4) is 0 Å². The number of carbonyl (C=O) groups excluding carboxylic acids is 3. The minimum Gasteiger partial charge on any atom is -0.444 e. The van der Waals surface area contributed by atoms with Crippen LogP contribution in [-0.4, -0.2) is 56.7 Å². The fraction of sp³-hybridized carbons (Fsp3) is 0.409. The average molecular weight is 471 g/mol. The van der Waals surface area contributed by atoms with Gasteiger partial charge in [-0.15, -0.1) is 11.3 Å². The molecule has 2 aromatic heterocycles. The molecule has 11 heteroatoms. The quantitative estimate of drug-likeness (QED) is 0.504. The zero-order valence-electron chi connectivity index (χ0n) is 18.7. The van der Waals surface area contributed by atoms with Crippen LogP contribution in [0.2, 0.25) is 0 Å². The van der Waals surface area contributed by atoms with Gasteiger partial charge in [0.05, 0.1) is 10.5 Å². The van der Waals surface area contributed by atoms with E-state index in [0.29, 0.717) is 18.5 Å². The van der Waals surface area contributed by atoms with Crippen molar-refractivity contribution >= 4 is 40.1 Å². The Morgan fingerprint density at radius 2 is 1.82 bits per heavy atom. The monoisotopic (exact) mass is 470 g/mol. The van der Waals surface area contributed by atoms with Crippen molar-refractivity contribution in [2.75, 3.05) is 13.1 Å². The van der Waals surface area contributed by atoms with Gasteiger partial charge in [-0.1, -0.05) is 18.2 Å². The standard InChI is InChI=1S/C22H26N6O4S/c1-22(2,3)32-21(31)28-10-8-13(9-11-28)20-23-16(12-33-20)18(29)26-27-19(30)17-14-6-4-5-7-15(14)24-25-17/h4-7,12-13H,8-11H2,1-3H3,(H,24,25)(H,26,29)(H,27,30). The topological polar surface area (TPSA) is 129 Å². The average Bonchev–Trinajstić information content (AvgIpc) is 3.44. The predicted molar refractivity (Wildman–Crippen MR) is 123 cm³/mol. The fourth-order valence-electron chi connectivity index (χ4n) is 3.59. The molecular formula is C22H26N6O4S. The van der Waals surface area contributed by atoms with Crippen molar-refractivity contribution in [3.05, 3.63) is 46.0 Å². The van der Waals surface area contributed by atoms with Crippen LogP contribution in [0.4, 0.5) is 4.79 Å². The Balaban J connectivity index is 1.30. The van der Waals surface area contributed by atoms with Gasteiger partial charge in [0, 0.05) is 29.8 Å². The predicted octanol–water partition coefficient (Wildman–Crippen LogP) is 3.21. The maximum Gasteiger partial charge on any atom is 0.410 e. The summed E-state index contributed by atoms with van der Waals surface area (Å²) in [5.41, 5.74) is 5.42. The number of nitrogens with one attached hydrogen (secondary N) is 3. The lowest BCUT2D eigenvalue weighted by molar-refractivity contribution is 0.0204. The largest absolute Gasteiger partial charge is 0.444 e. The lowest BCUT2D eigenvalue weighted by atomic mass is 9.98. The normalized spacial score (nSPS) is 14.8. The smallest absolute Gasteiger partial charge is 0.410 e. The highest BCUT2D eigenvalue weighted by molar-refractivity contribution is 7.09. The SMILES string of the molecule is CC(C)(C)OC(=O)N1CCC(c2nc(C(=O)NNC(=O)c3n[nH]c4ccccc34)cs2)CC1. The molecule has 3 aromatic rings. The van der Waals surface area contributed by atoms with E-state index in [4.69, 9.17) is 4.74 Å². The summed E-state index contributed by atoms with van der Waals surface area (Å²) in [5, 5.41) is 9.97. The molecule has 0 unspecified atom stereocenters. The van der Waals surface area contributed by atoms with Crippen molar-refractivity contribution in [1.82, 2.24) is 30.9 Å². The maximum atomic E-state index is 12.5. The highest BCUT2D eigenvalue weighted by Gasteiger charge is 2.29. The summed E-state index contributed by atoms with van der Waals surface area (Å²) in [6, 6.07) is 7.23. The van der Waals surface area contributed by atoms with Gasteiger partial charge >= 0.3 is 6.09 Å². The molecular weight excluding hydrogens is 444 g/mol. The zero-order valence-corrected chi connectivity index (χ0v) is 19.5. The molecule has 3 heterocycles. The van der Waals surface area contributed by atoms with Crippen molar-refractivity contribution in [2.24, 2.45) is 0 Å². The fourth-order valence-corrected chi connectivity index (χ4v) is 4.56. The molecule has 0 atom stereocenters. The second-order valence-corrected chi connectivity index (χ2v) is 9.73. The van der Waals surface area contributed by atoms with Crippen molar-refractivity contribution in [3.63, 3.8) is 0 Å². The molecule has 1 fully saturated rings. The number of nitrogens with zero attached hydrogens (tertiary/aromatic N) is 3. The Morgan fingerprint density at radius 3 is 2.55 bits per heavy atom. The molecule has 0 spiro atoms. The van der Waals surface area contributed by atoms with Gasteiger partial charge in [-0.2, -0.15) is 5.10 Å². The van der Waals surface area contributed by atoms with Crippen molar-refractivity contribution in [1.29, 1.82) is 0 Å². The molecule has 0 radical (unpaired) electrons. The second kappa shape index (κ2) is 9.18. The van der Waals surface area contributed by atoms with Gasteiger partial charge in [0.15, 0.2) is 5.69 Å². The van der Waals surface area contributed by atoms with Crippen molar-refractivity contribution < 1.29 is 19.1 Å². The summed E-state index contributed by atoms with van der Waals surface area (Å²) < 4.78 is 5.43. The third kappa shape index (κ3) is 5.30. The Hall–Kier alpha value is -3.47. The molecule has 174 valence electrons. The first-order valence-corrected chi connectivity index (χ1v) is 11.6. The van der Waals surface area contributed by atoms with Crippen LogP contribution in [0.25, 0.3) is 10.9 Å². The number of carbonyl (C=O) groups is 3. The molecule has 1 aliphatic rings. The molecule has 0 saturated carbocycles. The van der Waals surface area contributed by atoms with E-state index < -0.39 is 17.4 Å². The lowest BCUT2D eigenvalue weighted by Crippen LogP contribution is -2.42. The molecule has 0 bridgehead atoms. The number of piperidine rings is 1. The number of hydrogen-bond acceptors (Lipinski definition) is 7. The third-order valence-corrected chi connectivity index (χ3v) is 6.23. The van der Waals surface area contributed by atoms with Crippen LogP contribution < -0.4 is 10.9 Å². The van der Waals surface area contributed by atoms with Crippen molar-refractivity contribution in [2.45, 2.75) is 45.1 Å².